The molecule has 0 saturated carbocycles. The van der Waals surface area contributed by atoms with Crippen LogP contribution in [0.1, 0.15) is 11.3 Å². The summed E-state index contributed by atoms with van der Waals surface area (Å²) in [5.41, 5.74) is 0.404. The van der Waals surface area contributed by atoms with E-state index in [0.29, 0.717) is 18.8 Å². The standard InChI is InChI=1S/C9H11N3O2/c1-7-5-8(6-10)9(13)12(11-7)3-4-14-2/h5H,3-4H2,1-2H3. The fourth-order valence-electron chi connectivity index (χ4n) is 1.08. The average Bonchev–Trinajstić information content (AvgIpc) is 2.18. The van der Waals surface area contributed by atoms with Crippen molar-refractivity contribution in [3.05, 3.63) is 27.7 Å². The predicted octanol–water partition coefficient (Wildman–Crippen LogP) is 0.0698. The smallest absolute Gasteiger partial charge is 0.284 e. The summed E-state index contributed by atoms with van der Waals surface area (Å²) in [6, 6.07) is 3.32. The van der Waals surface area contributed by atoms with E-state index < -0.39 is 0 Å². The molecule has 5 nitrogen and oxygen atoms in total. The van der Waals surface area contributed by atoms with Gasteiger partial charge < -0.3 is 4.74 Å². The van der Waals surface area contributed by atoms with Gasteiger partial charge in [-0.25, -0.2) is 4.68 Å². The minimum Gasteiger partial charge on any atom is -0.383 e. The minimum atomic E-state index is -0.366. The monoisotopic (exact) mass is 193 g/mol. The molecule has 0 aliphatic rings. The van der Waals surface area contributed by atoms with Crippen molar-refractivity contribution in [1.29, 1.82) is 5.26 Å². The van der Waals surface area contributed by atoms with E-state index in [-0.39, 0.29) is 11.1 Å². The number of ether oxygens (including phenoxy) is 1. The van der Waals surface area contributed by atoms with Crippen LogP contribution in [0.5, 0.6) is 0 Å². The van der Waals surface area contributed by atoms with Crippen LogP contribution in [0.15, 0.2) is 10.9 Å². The van der Waals surface area contributed by atoms with E-state index in [1.54, 1.807) is 14.0 Å². The number of hydrogen-bond donors (Lipinski definition) is 0. The molecule has 1 aromatic rings. The molecule has 5 heteroatoms. The van der Waals surface area contributed by atoms with Crippen molar-refractivity contribution < 1.29 is 4.74 Å². The maximum absolute atomic E-state index is 11.5. The highest BCUT2D eigenvalue weighted by Gasteiger charge is 2.04. The molecule has 74 valence electrons. The van der Waals surface area contributed by atoms with Crippen molar-refractivity contribution in [3.63, 3.8) is 0 Å². The summed E-state index contributed by atoms with van der Waals surface area (Å²) in [5.74, 6) is 0. The second-order valence-corrected chi connectivity index (χ2v) is 2.83. The third-order valence-electron chi connectivity index (χ3n) is 1.72. The van der Waals surface area contributed by atoms with Gasteiger partial charge in [-0.3, -0.25) is 4.79 Å². The second-order valence-electron chi connectivity index (χ2n) is 2.83. The molecule has 0 N–H and O–H groups in total. The minimum absolute atomic E-state index is 0.119. The Hall–Kier alpha value is -1.67. The Morgan fingerprint density at radius 2 is 2.43 bits per heavy atom. The maximum atomic E-state index is 11.5. The first-order chi connectivity index (χ1) is 6.69. The van der Waals surface area contributed by atoms with Crippen LogP contribution in [0.2, 0.25) is 0 Å². The summed E-state index contributed by atoms with van der Waals surface area (Å²) in [6.45, 7) is 2.51. The van der Waals surface area contributed by atoms with E-state index in [4.69, 9.17) is 10.00 Å². The number of methoxy groups -OCH3 is 1. The van der Waals surface area contributed by atoms with Gasteiger partial charge in [-0.15, -0.1) is 0 Å². The van der Waals surface area contributed by atoms with Crippen LogP contribution in [0.4, 0.5) is 0 Å². The fourth-order valence-corrected chi connectivity index (χ4v) is 1.08. The van der Waals surface area contributed by atoms with E-state index in [2.05, 4.69) is 5.10 Å². The number of rotatable bonds is 3. The molecule has 1 aromatic heterocycles. The number of nitriles is 1. The van der Waals surface area contributed by atoms with Crippen molar-refractivity contribution in [2.45, 2.75) is 13.5 Å². The van der Waals surface area contributed by atoms with E-state index in [1.807, 2.05) is 6.07 Å². The van der Waals surface area contributed by atoms with Crippen molar-refractivity contribution in [2.24, 2.45) is 0 Å². The van der Waals surface area contributed by atoms with Crippen molar-refractivity contribution in [2.75, 3.05) is 13.7 Å². The Labute approximate surface area is 81.5 Å². The largest absolute Gasteiger partial charge is 0.383 e. The first-order valence-electron chi connectivity index (χ1n) is 4.17. The highest BCUT2D eigenvalue weighted by atomic mass is 16.5. The Bertz CT molecular complexity index is 417. The molecule has 0 atom stereocenters. The van der Waals surface area contributed by atoms with E-state index in [1.165, 1.54) is 10.7 Å². The zero-order chi connectivity index (χ0) is 10.6. The van der Waals surface area contributed by atoms with Crippen LogP contribution >= 0.6 is 0 Å². The lowest BCUT2D eigenvalue weighted by Gasteiger charge is -2.04. The van der Waals surface area contributed by atoms with Crippen LogP contribution in [-0.2, 0) is 11.3 Å². The van der Waals surface area contributed by atoms with Gasteiger partial charge in [-0.2, -0.15) is 10.4 Å². The quantitative estimate of drug-likeness (QED) is 0.681. The Morgan fingerprint density at radius 3 is 3.00 bits per heavy atom. The van der Waals surface area contributed by atoms with Gasteiger partial charge in [-0.1, -0.05) is 0 Å². The van der Waals surface area contributed by atoms with E-state index in [0.717, 1.165) is 0 Å². The lowest BCUT2D eigenvalue weighted by Crippen LogP contribution is -2.27. The number of aryl methyl sites for hydroxylation is 1. The molecule has 0 saturated heterocycles. The molecule has 0 aliphatic heterocycles. The summed E-state index contributed by atoms with van der Waals surface area (Å²) in [4.78, 5) is 11.5. The van der Waals surface area contributed by atoms with Gasteiger partial charge in [-0.05, 0) is 13.0 Å². The first-order valence-corrected chi connectivity index (χ1v) is 4.17. The zero-order valence-electron chi connectivity index (χ0n) is 8.15. The molecular formula is C9H11N3O2. The van der Waals surface area contributed by atoms with Gasteiger partial charge in [0, 0.05) is 7.11 Å². The van der Waals surface area contributed by atoms with Crippen LogP contribution in [0.3, 0.4) is 0 Å². The van der Waals surface area contributed by atoms with E-state index >= 15 is 0 Å². The molecule has 14 heavy (non-hydrogen) atoms. The normalized spacial score (nSPS) is 9.79. The topological polar surface area (TPSA) is 67.9 Å². The molecule has 0 aliphatic carbocycles. The summed E-state index contributed by atoms with van der Waals surface area (Å²) in [5, 5.41) is 12.7. The van der Waals surface area contributed by atoms with Gasteiger partial charge in [0.25, 0.3) is 5.56 Å². The average molecular weight is 193 g/mol. The van der Waals surface area contributed by atoms with Gasteiger partial charge in [0.1, 0.15) is 11.6 Å². The fraction of sp³-hybridized carbons (Fsp3) is 0.444. The molecule has 0 amide bonds. The molecule has 1 rings (SSSR count). The molecule has 0 radical (unpaired) electrons. The van der Waals surface area contributed by atoms with Gasteiger partial charge in [0.2, 0.25) is 0 Å². The zero-order valence-corrected chi connectivity index (χ0v) is 8.15. The molecule has 0 aromatic carbocycles. The highest BCUT2D eigenvalue weighted by molar-refractivity contribution is 5.26. The van der Waals surface area contributed by atoms with E-state index in [9.17, 15) is 4.79 Å². The molecule has 0 fully saturated rings. The maximum Gasteiger partial charge on any atom is 0.284 e. The van der Waals surface area contributed by atoms with Gasteiger partial charge in [0.15, 0.2) is 0 Å². The third kappa shape index (κ3) is 2.18. The van der Waals surface area contributed by atoms with Crippen molar-refractivity contribution in [3.8, 4) is 6.07 Å². The van der Waals surface area contributed by atoms with Crippen LogP contribution < -0.4 is 5.56 Å². The molecule has 0 spiro atoms. The van der Waals surface area contributed by atoms with Gasteiger partial charge >= 0.3 is 0 Å². The molecule has 1 heterocycles. The van der Waals surface area contributed by atoms with Crippen LogP contribution in [0, 0.1) is 18.3 Å². The predicted molar refractivity (Wildman–Crippen MR) is 49.8 cm³/mol. The third-order valence-corrected chi connectivity index (χ3v) is 1.72. The Morgan fingerprint density at radius 1 is 1.71 bits per heavy atom. The number of aromatic nitrogens is 2. The second kappa shape index (κ2) is 4.53. The Kier molecular flexibility index (Phi) is 3.37. The highest BCUT2D eigenvalue weighted by Crippen LogP contribution is 1.93. The SMILES string of the molecule is COCCn1nc(C)cc(C#N)c1=O. The van der Waals surface area contributed by atoms with Crippen LogP contribution in [0.25, 0.3) is 0 Å². The summed E-state index contributed by atoms with van der Waals surface area (Å²) in [6.07, 6.45) is 0. The summed E-state index contributed by atoms with van der Waals surface area (Å²) < 4.78 is 6.08. The lowest BCUT2D eigenvalue weighted by atomic mass is 10.3. The lowest BCUT2D eigenvalue weighted by molar-refractivity contribution is 0.181. The van der Waals surface area contributed by atoms with Crippen molar-refractivity contribution in [1.82, 2.24) is 9.78 Å². The number of nitrogens with zero attached hydrogens (tertiary/aromatic N) is 3. The first kappa shape index (κ1) is 10.4. The van der Waals surface area contributed by atoms with Crippen molar-refractivity contribution >= 4 is 0 Å². The molecule has 0 unspecified atom stereocenters. The molecular weight excluding hydrogens is 182 g/mol. The van der Waals surface area contributed by atoms with Gasteiger partial charge in [0.05, 0.1) is 18.8 Å². The Balaban J connectivity index is 3.11. The van der Waals surface area contributed by atoms with Crippen LogP contribution in [-0.4, -0.2) is 23.5 Å². The molecule has 0 bridgehead atoms. The number of hydrogen-bond acceptors (Lipinski definition) is 4. The summed E-state index contributed by atoms with van der Waals surface area (Å²) in [7, 11) is 1.55. The summed E-state index contributed by atoms with van der Waals surface area (Å²) >= 11 is 0.